The third kappa shape index (κ3) is 4.35. The lowest BCUT2D eigenvalue weighted by atomic mass is 10.3. The number of carbonyl (C=O) groups is 2. The van der Waals surface area contributed by atoms with E-state index in [-0.39, 0.29) is 24.4 Å². The molecule has 0 radical (unpaired) electrons. The molecule has 7 heteroatoms. The van der Waals surface area contributed by atoms with E-state index in [9.17, 15) is 9.59 Å². The minimum absolute atomic E-state index is 0.0265. The third-order valence-corrected chi connectivity index (χ3v) is 3.66. The summed E-state index contributed by atoms with van der Waals surface area (Å²) in [6, 6.07) is 5.60. The fourth-order valence-corrected chi connectivity index (χ4v) is 2.52. The number of hydrogen-bond acceptors (Lipinski definition) is 3. The molecule has 0 spiro atoms. The van der Waals surface area contributed by atoms with Gasteiger partial charge in [0.15, 0.2) is 5.15 Å². The summed E-state index contributed by atoms with van der Waals surface area (Å²) in [5.74, 6) is -0.431. The van der Waals surface area contributed by atoms with E-state index in [2.05, 4.69) is 10.3 Å². The lowest BCUT2D eigenvalue weighted by Crippen LogP contribution is -2.42. The second kappa shape index (κ2) is 7.97. The molecule has 0 aliphatic heterocycles. The minimum atomic E-state index is -0.252. The molecule has 0 saturated carbocycles. The van der Waals surface area contributed by atoms with Gasteiger partial charge in [-0.2, -0.15) is 0 Å². The summed E-state index contributed by atoms with van der Waals surface area (Å²) >= 11 is 6.13. The highest BCUT2D eigenvalue weighted by atomic mass is 35.5. The Morgan fingerprint density at radius 2 is 2.17 bits per heavy atom. The summed E-state index contributed by atoms with van der Waals surface area (Å²) in [6.45, 7) is 6.05. The summed E-state index contributed by atoms with van der Waals surface area (Å²) in [7, 11) is 0. The Morgan fingerprint density at radius 1 is 1.42 bits per heavy atom. The van der Waals surface area contributed by atoms with E-state index in [1.165, 1.54) is 11.0 Å². The molecule has 6 nitrogen and oxygen atoms in total. The molecule has 0 bridgehead atoms. The second-order valence-electron chi connectivity index (χ2n) is 5.62. The molecule has 0 aliphatic carbocycles. The van der Waals surface area contributed by atoms with Crippen molar-refractivity contribution in [3.8, 4) is 0 Å². The molecule has 2 aromatic heterocycles. The van der Waals surface area contributed by atoms with Crippen LogP contribution in [-0.4, -0.2) is 45.2 Å². The Kier molecular flexibility index (Phi) is 5.98. The maximum Gasteiger partial charge on any atom is 0.247 e. The van der Waals surface area contributed by atoms with Gasteiger partial charge >= 0.3 is 0 Å². The van der Waals surface area contributed by atoms with Crippen LogP contribution in [0.2, 0.25) is 5.15 Å². The molecule has 24 heavy (non-hydrogen) atoms. The summed E-state index contributed by atoms with van der Waals surface area (Å²) in [5, 5.41) is 3.10. The Labute approximate surface area is 146 Å². The van der Waals surface area contributed by atoms with Crippen LogP contribution in [-0.2, 0) is 9.59 Å². The van der Waals surface area contributed by atoms with E-state index in [0.717, 1.165) is 0 Å². The number of nitrogens with zero attached hydrogens (tertiary/aromatic N) is 3. The first-order chi connectivity index (χ1) is 11.4. The lowest BCUT2D eigenvalue weighted by Gasteiger charge is -2.19. The van der Waals surface area contributed by atoms with Crippen molar-refractivity contribution in [2.75, 3.05) is 13.1 Å². The topological polar surface area (TPSA) is 66.7 Å². The molecule has 2 heterocycles. The molecule has 128 valence electrons. The van der Waals surface area contributed by atoms with Crippen LogP contribution in [0.25, 0.3) is 11.7 Å². The van der Waals surface area contributed by atoms with Crippen LogP contribution < -0.4 is 5.32 Å². The van der Waals surface area contributed by atoms with Gasteiger partial charge in [-0.15, -0.1) is 0 Å². The highest BCUT2D eigenvalue weighted by Crippen LogP contribution is 2.18. The van der Waals surface area contributed by atoms with Gasteiger partial charge < -0.3 is 10.2 Å². The summed E-state index contributed by atoms with van der Waals surface area (Å²) in [4.78, 5) is 29.8. The molecule has 0 fully saturated rings. The first kappa shape index (κ1) is 18.0. The molecule has 2 aromatic rings. The SMILES string of the molecule is CCN(CC(=O)NC(C)C)C(=O)/C=C/c1c(Cl)nc2ccccn12. The summed E-state index contributed by atoms with van der Waals surface area (Å²) in [6.07, 6.45) is 4.86. The highest BCUT2D eigenvalue weighted by Gasteiger charge is 2.14. The number of aromatic nitrogens is 2. The number of nitrogens with one attached hydrogen (secondary N) is 1. The van der Waals surface area contributed by atoms with Crippen molar-refractivity contribution in [1.29, 1.82) is 0 Å². The number of hydrogen-bond donors (Lipinski definition) is 1. The maximum atomic E-state index is 12.3. The standard InChI is InChI=1S/C17H21ClN4O2/c1-4-21(11-15(23)19-12(2)3)16(24)9-8-13-17(18)20-14-7-5-6-10-22(13)14/h5-10,12H,4,11H2,1-3H3,(H,19,23)/b9-8+. The summed E-state index contributed by atoms with van der Waals surface area (Å²) < 4.78 is 1.80. The average molecular weight is 349 g/mol. The van der Waals surface area contributed by atoms with Crippen molar-refractivity contribution in [1.82, 2.24) is 19.6 Å². The minimum Gasteiger partial charge on any atom is -0.352 e. The second-order valence-corrected chi connectivity index (χ2v) is 5.98. The van der Waals surface area contributed by atoms with Gasteiger partial charge in [-0.05, 0) is 39.0 Å². The lowest BCUT2D eigenvalue weighted by molar-refractivity contribution is -0.132. The summed E-state index contributed by atoms with van der Waals surface area (Å²) in [5.41, 5.74) is 1.33. The van der Waals surface area contributed by atoms with Gasteiger partial charge in [0.1, 0.15) is 5.65 Å². The van der Waals surface area contributed by atoms with Crippen molar-refractivity contribution in [3.63, 3.8) is 0 Å². The molecule has 0 aromatic carbocycles. The Morgan fingerprint density at radius 3 is 2.83 bits per heavy atom. The number of imidazole rings is 1. The van der Waals surface area contributed by atoms with Crippen LogP contribution in [0.3, 0.4) is 0 Å². The molecule has 0 atom stereocenters. The van der Waals surface area contributed by atoms with Crippen LogP contribution >= 0.6 is 11.6 Å². The quantitative estimate of drug-likeness (QED) is 0.815. The van der Waals surface area contributed by atoms with Crippen molar-refractivity contribution < 1.29 is 9.59 Å². The first-order valence-electron chi connectivity index (χ1n) is 7.81. The maximum absolute atomic E-state index is 12.3. The number of fused-ring (bicyclic) bond motifs is 1. The van der Waals surface area contributed by atoms with Crippen LogP contribution in [0.4, 0.5) is 0 Å². The van der Waals surface area contributed by atoms with Crippen molar-refractivity contribution in [2.24, 2.45) is 0 Å². The van der Waals surface area contributed by atoms with E-state index in [4.69, 9.17) is 11.6 Å². The average Bonchev–Trinajstić information content (AvgIpc) is 2.85. The largest absolute Gasteiger partial charge is 0.352 e. The van der Waals surface area contributed by atoms with Crippen molar-refractivity contribution in [3.05, 3.63) is 41.3 Å². The van der Waals surface area contributed by atoms with E-state index in [1.54, 1.807) is 10.5 Å². The van der Waals surface area contributed by atoms with Crippen molar-refractivity contribution >= 4 is 35.1 Å². The molecule has 1 N–H and O–H groups in total. The third-order valence-electron chi connectivity index (χ3n) is 3.38. The van der Waals surface area contributed by atoms with Crippen LogP contribution in [0.1, 0.15) is 26.5 Å². The predicted molar refractivity (Wildman–Crippen MR) is 94.8 cm³/mol. The normalized spacial score (nSPS) is 11.4. The fraction of sp³-hybridized carbons (Fsp3) is 0.353. The van der Waals surface area contributed by atoms with Gasteiger partial charge in [0.2, 0.25) is 11.8 Å². The van der Waals surface area contributed by atoms with Crippen LogP contribution in [0.15, 0.2) is 30.5 Å². The van der Waals surface area contributed by atoms with Crippen molar-refractivity contribution in [2.45, 2.75) is 26.8 Å². The number of amides is 2. The van der Waals surface area contributed by atoms with Gasteiger partial charge in [0, 0.05) is 24.9 Å². The molecule has 0 saturated heterocycles. The van der Waals surface area contributed by atoms with Crippen LogP contribution in [0.5, 0.6) is 0 Å². The Bertz CT molecular complexity index is 767. The Hall–Kier alpha value is -2.34. The molecule has 0 aliphatic rings. The fourth-order valence-electron chi connectivity index (χ4n) is 2.28. The van der Waals surface area contributed by atoms with Crippen LogP contribution in [0, 0.1) is 0 Å². The molecular formula is C17H21ClN4O2. The smallest absolute Gasteiger partial charge is 0.247 e. The van der Waals surface area contributed by atoms with Gasteiger partial charge in [-0.3, -0.25) is 14.0 Å². The van der Waals surface area contributed by atoms with Gasteiger partial charge in [0.25, 0.3) is 0 Å². The van der Waals surface area contributed by atoms with E-state index in [0.29, 0.717) is 23.0 Å². The predicted octanol–water partition coefficient (Wildman–Crippen LogP) is 2.37. The zero-order valence-corrected chi connectivity index (χ0v) is 14.7. The zero-order chi connectivity index (χ0) is 17.7. The molecule has 0 unspecified atom stereocenters. The number of carbonyl (C=O) groups excluding carboxylic acids is 2. The first-order valence-corrected chi connectivity index (χ1v) is 8.19. The monoisotopic (exact) mass is 348 g/mol. The van der Waals surface area contributed by atoms with E-state index >= 15 is 0 Å². The number of rotatable bonds is 6. The number of pyridine rings is 1. The van der Waals surface area contributed by atoms with E-state index in [1.807, 2.05) is 45.2 Å². The number of likely N-dealkylation sites (N-methyl/N-ethyl adjacent to an activating group) is 1. The number of halogens is 1. The highest BCUT2D eigenvalue weighted by molar-refractivity contribution is 6.31. The van der Waals surface area contributed by atoms with Gasteiger partial charge in [-0.1, -0.05) is 17.7 Å². The van der Waals surface area contributed by atoms with Gasteiger partial charge in [-0.25, -0.2) is 4.98 Å². The molecule has 2 rings (SSSR count). The zero-order valence-electron chi connectivity index (χ0n) is 14.0. The molecule has 2 amide bonds. The Balaban J connectivity index is 2.12. The van der Waals surface area contributed by atoms with E-state index < -0.39 is 0 Å². The van der Waals surface area contributed by atoms with Gasteiger partial charge in [0.05, 0.1) is 12.2 Å². The molecular weight excluding hydrogens is 328 g/mol.